The van der Waals surface area contributed by atoms with Crippen LogP contribution in [0.1, 0.15) is 56.7 Å². The van der Waals surface area contributed by atoms with Gasteiger partial charge in [0.25, 0.3) is 0 Å². The summed E-state index contributed by atoms with van der Waals surface area (Å²) >= 11 is 0. The molecule has 0 unspecified atom stereocenters. The van der Waals surface area contributed by atoms with E-state index in [-0.39, 0.29) is 5.41 Å². The summed E-state index contributed by atoms with van der Waals surface area (Å²) in [6.07, 6.45) is 13.3. The van der Waals surface area contributed by atoms with Crippen LogP contribution in [0.25, 0.3) is 6.08 Å². The maximum atomic E-state index is 12.9. The molecule has 0 radical (unpaired) electrons. The molecule has 4 aliphatic carbocycles. The Morgan fingerprint density at radius 2 is 1.86 bits per heavy atom. The fourth-order valence-electron chi connectivity index (χ4n) is 5.70. The van der Waals surface area contributed by atoms with Gasteiger partial charge in [-0.15, -0.1) is 0 Å². The highest BCUT2D eigenvalue weighted by molar-refractivity contribution is 5.98. The third-order valence-corrected chi connectivity index (χ3v) is 6.42. The first-order chi connectivity index (χ1) is 10.6. The lowest BCUT2D eigenvalue weighted by molar-refractivity contribution is -0.138. The van der Waals surface area contributed by atoms with Gasteiger partial charge in [0.1, 0.15) is 0 Å². The predicted octanol–water partition coefficient (Wildman–Crippen LogP) is 4.01. The molecule has 0 N–H and O–H groups in total. The van der Waals surface area contributed by atoms with E-state index in [1.165, 1.54) is 19.3 Å². The van der Waals surface area contributed by atoms with Gasteiger partial charge in [-0.05, 0) is 82.3 Å². The van der Waals surface area contributed by atoms with Crippen LogP contribution >= 0.6 is 0 Å². The van der Waals surface area contributed by atoms with E-state index in [4.69, 9.17) is 0 Å². The molecule has 118 valence electrons. The number of hydrogen-bond acceptors (Lipinski definition) is 2. The lowest BCUT2D eigenvalue weighted by Crippen LogP contribution is -2.49. The molecule has 3 heteroatoms. The standard InChI is InChI=1S/C19H26N2O/c1-3-21-13(2)17(12-20-21)4-5-18(22)19-9-14-6-15(10-19)8-16(7-14)11-19/h4-5,12,14-16H,3,6-11H2,1-2H3/b5-4+. The highest BCUT2D eigenvalue weighted by Crippen LogP contribution is 2.60. The minimum Gasteiger partial charge on any atom is -0.294 e. The SMILES string of the molecule is CCn1ncc(/C=C/C(=O)C23CC4CC(CC(C4)C2)C3)c1C. The van der Waals surface area contributed by atoms with Gasteiger partial charge in [-0.1, -0.05) is 0 Å². The van der Waals surface area contributed by atoms with Gasteiger partial charge in [-0.25, -0.2) is 0 Å². The molecule has 5 rings (SSSR count). The van der Waals surface area contributed by atoms with Crippen molar-refractivity contribution in [3.63, 3.8) is 0 Å². The van der Waals surface area contributed by atoms with Crippen molar-refractivity contribution in [2.45, 2.75) is 58.9 Å². The molecule has 0 spiro atoms. The zero-order valence-electron chi connectivity index (χ0n) is 13.7. The van der Waals surface area contributed by atoms with Gasteiger partial charge in [0.05, 0.1) is 6.20 Å². The summed E-state index contributed by atoms with van der Waals surface area (Å²) in [6, 6.07) is 0. The molecular weight excluding hydrogens is 272 g/mol. The number of rotatable bonds is 4. The van der Waals surface area contributed by atoms with Gasteiger partial charge in [0.15, 0.2) is 5.78 Å². The van der Waals surface area contributed by atoms with Crippen LogP contribution in [0.4, 0.5) is 0 Å². The first-order valence-corrected chi connectivity index (χ1v) is 8.84. The summed E-state index contributed by atoms with van der Waals surface area (Å²) in [5.74, 6) is 2.87. The average molecular weight is 298 g/mol. The van der Waals surface area contributed by atoms with E-state index in [0.29, 0.717) is 5.78 Å². The zero-order chi connectivity index (χ0) is 15.3. The summed E-state index contributed by atoms with van der Waals surface area (Å²) in [7, 11) is 0. The van der Waals surface area contributed by atoms with Crippen molar-refractivity contribution < 1.29 is 4.79 Å². The Hall–Kier alpha value is -1.38. The van der Waals surface area contributed by atoms with Crippen molar-refractivity contribution in [3.8, 4) is 0 Å². The van der Waals surface area contributed by atoms with Crippen LogP contribution in [0.3, 0.4) is 0 Å². The largest absolute Gasteiger partial charge is 0.294 e. The molecule has 4 aliphatic rings. The minimum absolute atomic E-state index is 0.0140. The van der Waals surface area contributed by atoms with Crippen molar-refractivity contribution in [1.29, 1.82) is 0 Å². The molecule has 3 nitrogen and oxygen atoms in total. The maximum Gasteiger partial charge on any atom is 0.161 e. The minimum atomic E-state index is -0.0140. The molecule has 4 bridgehead atoms. The fourth-order valence-corrected chi connectivity index (χ4v) is 5.70. The molecule has 0 aromatic carbocycles. The second-order valence-corrected chi connectivity index (χ2v) is 7.90. The van der Waals surface area contributed by atoms with Crippen LogP contribution < -0.4 is 0 Å². The Morgan fingerprint density at radius 1 is 1.27 bits per heavy atom. The molecule has 0 saturated heterocycles. The topological polar surface area (TPSA) is 34.9 Å². The fraction of sp³-hybridized carbons (Fsp3) is 0.684. The molecule has 1 aromatic rings. The molecule has 1 heterocycles. The molecule has 0 aliphatic heterocycles. The van der Waals surface area contributed by atoms with Crippen LogP contribution in [-0.2, 0) is 11.3 Å². The van der Waals surface area contributed by atoms with Gasteiger partial charge in [-0.2, -0.15) is 5.10 Å². The summed E-state index contributed by atoms with van der Waals surface area (Å²) in [4.78, 5) is 12.9. The predicted molar refractivity (Wildman–Crippen MR) is 87.3 cm³/mol. The van der Waals surface area contributed by atoms with Gasteiger partial charge >= 0.3 is 0 Å². The first kappa shape index (κ1) is 14.2. The maximum absolute atomic E-state index is 12.9. The van der Waals surface area contributed by atoms with Crippen LogP contribution in [0.5, 0.6) is 0 Å². The number of hydrogen-bond donors (Lipinski definition) is 0. The third kappa shape index (κ3) is 2.17. The molecule has 1 aromatic heterocycles. The third-order valence-electron chi connectivity index (χ3n) is 6.42. The Bertz CT molecular complexity index is 590. The smallest absolute Gasteiger partial charge is 0.161 e. The first-order valence-electron chi connectivity index (χ1n) is 8.84. The quantitative estimate of drug-likeness (QED) is 0.787. The summed E-state index contributed by atoms with van der Waals surface area (Å²) in [5.41, 5.74) is 2.22. The van der Waals surface area contributed by atoms with E-state index >= 15 is 0 Å². The van der Waals surface area contributed by atoms with E-state index in [9.17, 15) is 4.79 Å². The molecular formula is C19H26N2O. The highest BCUT2D eigenvalue weighted by atomic mass is 16.1. The second kappa shape index (κ2) is 5.07. The van der Waals surface area contributed by atoms with E-state index in [0.717, 1.165) is 54.8 Å². The summed E-state index contributed by atoms with van der Waals surface area (Å²) < 4.78 is 1.98. The Labute approximate surface area is 132 Å². The van der Waals surface area contributed by atoms with Crippen molar-refractivity contribution in [2.75, 3.05) is 0 Å². The Balaban J connectivity index is 1.54. The zero-order valence-corrected chi connectivity index (χ0v) is 13.7. The molecule has 4 fully saturated rings. The van der Waals surface area contributed by atoms with Crippen LogP contribution in [-0.4, -0.2) is 15.6 Å². The van der Waals surface area contributed by atoms with E-state index < -0.39 is 0 Å². The van der Waals surface area contributed by atoms with Gasteiger partial charge in [0, 0.05) is 23.2 Å². The van der Waals surface area contributed by atoms with Crippen LogP contribution in [0.15, 0.2) is 12.3 Å². The number of aryl methyl sites for hydroxylation is 1. The summed E-state index contributed by atoms with van der Waals surface area (Å²) in [5, 5.41) is 4.36. The Morgan fingerprint density at radius 3 is 2.36 bits per heavy atom. The number of aromatic nitrogens is 2. The van der Waals surface area contributed by atoms with Gasteiger partial charge < -0.3 is 0 Å². The van der Waals surface area contributed by atoms with E-state index in [1.807, 2.05) is 23.0 Å². The van der Waals surface area contributed by atoms with Crippen molar-refractivity contribution in [2.24, 2.45) is 23.2 Å². The van der Waals surface area contributed by atoms with Gasteiger partial charge in [-0.3, -0.25) is 9.48 Å². The highest BCUT2D eigenvalue weighted by Gasteiger charge is 2.53. The molecule has 0 atom stereocenters. The number of carbonyl (C=O) groups excluding carboxylic acids is 1. The lowest BCUT2D eigenvalue weighted by Gasteiger charge is -2.55. The van der Waals surface area contributed by atoms with Crippen molar-refractivity contribution in [3.05, 3.63) is 23.5 Å². The van der Waals surface area contributed by atoms with E-state index in [1.54, 1.807) is 0 Å². The van der Waals surface area contributed by atoms with Crippen molar-refractivity contribution >= 4 is 11.9 Å². The van der Waals surface area contributed by atoms with E-state index in [2.05, 4.69) is 18.9 Å². The van der Waals surface area contributed by atoms with Crippen LogP contribution in [0, 0.1) is 30.1 Å². The molecule has 0 amide bonds. The second-order valence-electron chi connectivity index (χ2n) is 7.90. The average Bonchev–Trinajstić information content (AvgIpc) is 2.83. The number of allylic oxidation sites excluding steroid dienone is 1. The van der Waals surface area contributed by atoms with Crippen molar-refractivity contribution in [1.82, 2.24) is 9.78 Å². The normalized spacial score (nSPS) is 36.4. The molecule has 4 saturated carbocycles. The Kier molecular flexibility index (Phi) is 3.28. The van der Waals surface area contributed by atoms with Gasteiger partial charge in [0.2, 0.25) is 0 Å². The van der Waals surface area contributed by atoms with Crippen LogP contribution in [0.2, 0.25) is 0 Å². The number of carbonyl (C=O) groups is 1. The number of nitrogens with zero attached hydrogens (tertiary/aromatic N) is 2. The molecule has 22 heavy (non-hydrogen) atoms. The monoisotopic (exact) mass is 298 g/mol. The number of ketones is 1. The summed E-state index contributed by atoms with van der Waals surface area (Å²) in [6.45, 7) is 5.04. The lowest BCUT2D eigenvalue weighted by atomic mass is 9.48.